The van der Waals surface area contributed by atoms with E-state index in [0.717, 1.165) is 23.0 Å². The van der Waals surface area contributed by atoms with E-state index in [-0.39, 0.29) is 23.8 Å². The Morgan fingerprint density at radius 2 is 1.97 bits per heavy atom. The first kappa shape index (κ1) is 21.9. The first-order valence-corrected chi connectivity index (χ1v) is 11.1. The summed E-state index contributed by atoms with van der Waals surface area (Å²) in [5.74, 6) is -0.101. The van der Waals surface area contributed by atoms with E-state index in [1.807, 2.05) is 60.7 Å². The standard InChI is InChI=1S/C25H29N5O2/c26-15-18-13-23(28-16-18)25(32)30-22(10-8-17-5-2-1-3-6-17)24(31)29-20-9-11-21-19(14-20)7-4-12-27-21/h1-7,9,11-12,14,18,22-23,28H,8,10,13,15-16,26H2,(H,29,31)(H,30,32)/t18-,22-,23+/m1/s1. The number of fused-ring (bicyclic) bond motifs is 1. The number of rotatable bonds is 8. The lowest BCUT2D eigenvalue weighted by molar-refractivity contribution is -0.127. The topological polar surface area (TPSA) is 109 Å². The van der Waals surface area contributed by atoms with Crippen LogP contribution in [0.4, 0.5) is 5.69 Å². The first-order chi connectivity index (χ1) is 15.6. The number of nitrogens with one attached hydrogen (secondary N) is 3. The van der Waals surface area contributed by atoms with Crippen LogP contribution in [0.2, 0.25) is 0 Å². The second-order valence-corrected chi connectivity index (χ2v) is 8.28. The van der Waals surface area contributed by atoms with Gasteiger partial charge in [0.2, 0.25) is 11.8 Å². The average molecular weight is 432 g/mol. The van der Waals surface area contributed by atoms with Crippen LogP contribution in [0.15, 0.2) is 66.9 Å². The molecule has 2 amide bonds. The fourth-order valence-corrected chi connectivity index (χ4v) is 4.07. The van der Waals surface area contributed by atoms with Gasteiger partial charge in [0.05, 0.1) is 11.6 Å². The van der Waals surface area contributed by atoms with Crippen molar-refractivity contribution in [2.24, 2.45) is 11.7 Å². The highest BCUT2D eigenvalue weighted by Crippen LogP contribution is 2.18. The van der Waals surface area contributed by atoms with E-state index in [0.29, 0.717) is 31.5 Å². The summed E-state index contributed by atoms with van der Waals surface area (Å²) in [4.78, 5) is 30.3. The highest BCUT2D eigenvalue weighted by Gasteiger charge is 2.31. The SMILES string of the molecule is NC[C@@H]1CN[C@H](C(=O)N[C@H](CCc2ccccc2)C(=O)Nc2ccc3ncccc3c2)C1. The lowest BCUT2D eigenvalue weighted by atomic mass is 10.0. The highest BCUT2D eigenvalue weighted by molar-refractivity contribution is 5.99. The van der Waals surface area contributed by atoms with Gasteiger partial charge in [-0.05, 0) is 68.1 Å². The Bertz CT molecular complexity index is 1070. The van der Waals surface area contributed by atoms with Crippen molar-refractivity contribution in [1.29, 1.82) is 0 Å². The summed E-state index contributed by atoms with van der Waals surface area (Å²) in [5.41, 5.74) is 8.41. The molecule has 166 valence electrons. The van der Waals surface area contributed by atoms with E-state index in [2.05, 4.69) is 20.9 Å². The summed E-state index contributed by atoms with van der Waals surface area (Å²) >= 11 is 0. The van der Waals surface area contributed by atoms with Gasteiger partial charge in [0.25, 0.3) is 0 Å². The van der Waals surface area contributed by atoms with Crippen molar-refractivity contribution in [2.75, 3.05) is 18.4 Å². The molecule has 1 aliphatic rings. The number of aromatic nitrogens is 1. The molecule has 1 fully saturated rings. The Kier molecular flexibility index (Phi) is 7.09. The van der Waals surface area contributed by atoms with Crippen molar-refractivity contribution in [3.05, 3.63) is 72.4 Å². The van der Waals surface area contributed by atoms with Gasteiger partial charge in [0.1, 0.15) is 6.04 Å². The molecule has 5 N–H and O–H groups in total. The fraction of sp³-hybridized carbons (Fsp3) is 0.320. The number of hydrogen-bond donors (Lipinski definition) is 4. The number of carbonyl (C=O) groups excluding carboxylic acids is 2. The van der Waals surface area contributed by atoms with Gasteiger partial charge < -0.3 is 21.7 Å². The van der Waals surface area contributed by atoms with E-state index in [1.165, 1.54) is 0 Å². The molecule has 0 spiro atoms. The van der Waals surface area contributed by atoms with E-state index in [1.54, 1.807) is 6.20 Å². The lowest BCUT2D eigenvalue weighted by Gasteiger charge is -2.21. The van der Waals surface area contributed by atoms with Crippen LogP contribution < -0.4 is 21.7 Å². The normalized spacial score (nSPS) is 18.9. The second kappa shape index (κ2) is 10.3. The van der Waals surface area contributed by atoms with Crippen LogP contribution in [0.3, 0.4) is 0 Å². The van der Waals surface area contributed by atoms with Gasteiger partial charge in [-0.3, -0.25) is 14.6 Å². The van der Waals surface area contributed by atoms with Crippen LogP contribution in [-0.4, -0.2) is 42.0 Å². The molecule has 4 rings (SSSR count). The van der Waals surface area contributed by atoms with E-state index < -0.39 is 6.04 Å². The first-order valence-electron chi connectivity index (χ1n) is 11.1. The number of hydrogen-bond acceptors (Lipinski definition) is 5. The molecule has 32 heavy (non-hydrogen) atoms. The number of pyridine rings is 1. The minimum absolute atomic E-state index is 0.156. The quantitative estimate of drug-likeness (QED) is 0.437. The summed E-state index contributed by atoms with van der Waals surface area (Å²) in [6.07, 6.45) is 3.61. The number of anilines is 1. The Balaban J connectivity index is 1.46. The molecule has 7 nitrogen and oxygen atoms in total. The number of nitrogens with two attached hydrogens (primary N) is 1. The third kappa shape index (κ3) is 5.49. The van der Waals surface area contributed by atoms with Crippen LogP contribution in [0.5, 0.6) is 0 Å². The van der Waals surface area contributed by atoms with Gasteiger partial charge in [-0.15, -0.1) is 0 Å². The van der Waals surface area contributed by atoms with Crippen molar-refractivity contribution in [1.82, 2.24) is 15.6 Å². The highest BCUT2D eigenvalue weighted by atomic mass is 16.2. The van der Waals surface area contributed by atoms with Gasteiger partial charge in [-0.25, -0.2) is 0 Å². The van der Waals surface area contributed by atoms with Crippen molar-refractivity contribution in [3.8, 4) is 0 Å². The second-order valence-electron chi connectivity index (χ2n) is 8.28. The molecule has 1 saturated heterocycles. The van der Waals surface area contributed by atoms with Crippen LogP contribution in [0.1, 0.15) is 18.4 Å². The van der Waals surface area contributed by atoms with Gasteiger partial charge >= 0.3 is 0 Å². The zero-order chi connectivity index (χ0) is 22.3. The van der Waals surface area contributed by atoms with E-state index in [9.17, 15) is 9.59 Å². The number of carbonyl (C=O) groups is 2. The molecule has 1 aromatic heterocycles. The predicted octanol–water partition coefficient (Wildman–Crippen LogP) is 2.23. The predicted molar refractivity (Wildman–Crippen MR) is 126 cm³/mol. The third-order valence-corrected chi connectivity index (χ3v) is 5.94. The molecule has 0 radical (unpaired) electrons. The minimum atomic E-state index is -0.647. The summed E-state index contributed by atoms with van der Waals surface area (Å²) in [6, 6.07) is 18.4. The van der Waals surface area contributed by atoms with Crippen molar-refractivity contribution >= 4 is 28.4 Å². The average Bonchev–Trinajstić information content (AvgIpc) is 3.32. The van der Waals surface area contributed by atoms with Crippen molar-refractivity contribution in [3.63, 3.8) is 0 Å². The fourth-order valence-electron chi connectivity index (χ4n) is 4.07. The molecular formula is C25H29N5O2. The maximum atomic E-state index is 13.2. The van der Waals surface area contributed by atoms with E-state index >= 15 is 0 Å². The van der Waals surface area contributed by atoms with Crippen molar-refractivity contribution < 1.29 is 9.59 Å². The molecule has 0 saturated carbocycles. The molecular weight excluding hydrogens is 402 g/mol. The number of amides is 2. The van der Waals surface area contributed by atoms with Crippen LogP contribution in [-0.2, 0) is 16.0 Å². The molecule has 0 unspecified atom stereocenters. The molecule has 2 aromatic carbocycles. The molecule has 0 bridgehead atoms. The summed E-state index contributed by atoms with van der Waals surface area (Å²) in [6.45, 7) is 1.27. The summed E-state index contributed by atoms with van der Waals surface area (Å²) in [7, 11) is 0. The van der Waals surface area contributed by atoms with Gasteiger partial charge in [-0.2, -0.15) is 0 Å². The maximum absolute atomic E-state index is 13.2. The molecule has 3 atom stereocenters. The lowest BCUT2D eigenvalue weighted by Crippen LogP contribution is -2.50. The van der Waals surface area contributed by atoms with Crippen LogP contribution >= 0.6 is 0 Å². The zero-order valence-electron chi connectivity index (χ0n) is 18.0. The number of nitrogens with zero attached hydrogens (tertiary/aromatic N) is 1. The Labute approximate surface area is 187 Å². The Morgan fingerprint density at radius 1 is 1.12 bits per heavy atom. The van der Waals surface area contributed by atoms with Gasteiger partial charge in [-0.1, -0.05) is 36.4 Å². The Morgan fingerprint density at radius 3 is 2.75 bits per heavy atom. The molecule has 0 aliphatic carbocycles. The number of benzene rings is 2. The summed E-state index contributed by atoms with van der Waals surface area (Å²) in [5, 5.41) is 10.1. The zero-order valence-corrected chi connectivity index (χ0v) is 18.0. The molecule has 3 aromatic rings. The minimum Gasteiger partial charge on any atom is -0.343 e. The molecule has 1 aliphatic heterocycles. The molecule has 2 heterocycles. The van der Waals surface area contributed by atoms with Gasteiger partial charge in [0, 0.05) is 17.3 Å². The summed E-state index contributed by atoms with van der Waals surface area (Å²) < 4.78 is 0. The van der Waals surface area contributed by atoms with Crippen molar-refractivity contribution in [2.45, 2.75) is 31.3 Å². The number of aryl methyl sites for hydroxylation is 1. The third-order valence-electron chi connectivity index (χ3n) is 5.94. The van der Waals surface area contributed by atoms with Crippen LogP contribution in [0, 0.1) is 5.92 Å². The monoisotopic (exact) mass is 431 g/mol. The Hall–Kier alpha value is -3.29. The molecule has 7 heteroatoms. The van der Waals surface area contributed by atoms with E-state index in [4.69, 9.17) is 5.73 Å². The smallest absolute Gasteiger partial charge is 0.246 e. The van der Waals surface area contributed by atoms with Gasteiger partial charge in [0.15, 0.2) is 0 Å². The van der Waals surface area contributed by atoms with Crippen LogP contribution in [0.25, 0.3) is 10.9 Å². The maximum Gasteiger partial charge on any atom is 0.246 e. The largest absolute Gasteiger partial charge is 0.343 e.